The molecule has 1 aromatic rings. The lowest BCUT2D eigenvalue weighted by atomic mass is 9.67. The molecule has 0 heterocycles. The molecule has 0 saturated heterocycles. The van der Waals surface area contributed by atoms with Gasteiger partial charge in [-0.15, -0.1) is 0 Å². The summed E-state index contributed by atoms with van der Waals surface area (Å²) in [4.78, 5) is 12.2. The van der Waals surface area contributed by atoms with Crippen molar-refractivity contribution in [2.45, 2.75) is 38.0 Å². The third kappa shape index (κ3) is 1.69. The Bertz CT molecular complexity index is 493. The number of phenols is 1. The van der Waals surface area contributed by atoms with Gasteiger partial charge in [0, 0.05) is 12.5 Å². The van der Waals surface area contributed by atoms with E-state index in [-0.39, 0.29) is 11.5 Å². The van der Waals surface area contributed by atoms with Gasteiger partial charge in [-0.05, 0) is 36.3 Å². The molecule has 1 N–H and O–H groups in total. The summed E-state index contributed by atoms with van der Waals surface area (Å²) >= 11 is 0. The van der Waals surface area contributed by atoms with Crippen LogP contribution in [0.3, 0.4) is 0 Å². The van der Waals surface area contributed by atoms with Gasteiger partial charge in [0.1, 0.15) is 11.5 Å². The summed E-state index contributed by atoms with van der Waals surface area (Å²) in [7, 11) is 1.59. The molecule has 0 bridgehead atoms. The first-order valence-electron chi connectivity index (χ1n) is 6.65. The van der Waals surface area contributed by atoms with Crippen molar-refractivity contribution in [3.8, 4) is 11.5 Å². The van der Waals surface area contributed by atoms with Gasteiger partial charge in [0.2, 0.25) is 0 Å². The Labute approximate surface area is 107 Å². The van der Waals surface area contributed by atoms with Crippen LogP contribution in [0.1, 0.15) is 53.9 Å². The summed E-state index contributed by atoms with van der Waals surface area (Å²) in [5.74, 6) is 1.70. The Morgan fingerprint density at radius 1 is 1.28 bits per heavy atom. The highest BCUT2D eigenvalue weighted by Crippen LogP contribution is 2.48. The minimum absolute atomic E-state index is 0.0818. The fourth-order valence-electron chi connectivity index (χ4n) is 3.54. The maximum absolute atomic E-state index is 12.2. The van der Waals surface area contributed by atoms with E-state index < -0.39 is 0 Å². The lowest BCUT2D eigenvalue weighted by Crippen LogP contribution is -2.27. The first-order valence-corrected chi connectivity index (χ1v) is 6.65. The third-order valence-electron chi connectivity index (χ3n) is 4.39. The summed E-state index contributed by atoms with van der Waals surface area (Å²) in [6, 6.07) is 3.48. The van der Waals surface area contributed by atoms with Crippen LogP contribution in [0.15, 0.2) is 12.1 Å². The van der Waals surface area contributed by atoms with Crippen molar-refractivity contribution in [1.82, 2.24) is 0 Å². The molecule has 0 amide bonds. The molecule has 2 unspecified atom stereocenters. The van der Waals surface area contributed by atoms with Crippen molar-refractivity contribution >= 4 is 5.78 Å². The normalized spacial score (nSPS) is 26.4. The van der Waals surface area contributed by atoms with Crippen molar-refractivity contribution in [1.29, 1.82) is 0 Å². The van der Waals surface area contributed by atoms with Gasteiger partial charge in [0.15, 0.2) is 5.78 Å². The maximum atomic E-state index is 12.2. The average molecular weight is 246 g/mol. The first-order chi connectivity index (χ1) is 8.70. The number of methoxy groups -OCH3 is 1. The van der Waals surface area contributed by atoms with Crippen LogP contribution < -0.4 is 4.74 Å². The summed E-state index contributed by atoms with van der Waals surface area (Å²) in [6.45, 7) is 0. The number of phenolic OH excluding ortho intramolecular Hbond substituents is 1. The number of Topliss-reactive ketones (excluding diaryl/α,β-unsaturated/α-hetero) is 1. The van der Waals surface area contributed by atoms with E-state index in [0.717, 1.165) is 18.4 Å². The predicted octanol–water partition coefficient (Wildman–Crippen LogP) is 3.26. The minimum Gasteiger partial charge on any atom is -0.507 e. The van der Waals surface area contributed by atoms with E-state index in [1.807, 2.05) is 6.07 Å². The van der Waals surface area contributed by atoms with E-state index in [9.17, 15) is 9.90 Å². The average Bonchev–Trinajstić information content (AvgIpc) is 2.38. The number of hydrogen-bond acceptors (Lipinski definition) is 3. The third-order valence-corrected chi connectivity index (χ3v) is 4.39. The van der Waals surface area contributed by atoms with E-state index in [0.29, 0.717) is 29.6 Å². The monoisotopic (exact) mass is 246 g/mol. The van der Waals surface area contributed by atoms with Crippen LogP contribution in [-0.2, 0) is 0 Å². The molecule has 0 radical (unpaired) electrons. The molecule has 3 rings (SSSR count). The van der Waals surface area contributed by atoms with E-state index in [4.69, 9.17) is 4.74 Å². The molecule has 0 spiro atoms. The van der Waals surface area contributed by atoms with Crippen molar-refractivity contribution in [3.05, 3.63) is 23.3 Å². The number of ketones is 1. The van der Waals surface area contributed by atoms with E-state index in [1.165, 1.54) is 12.8 Å². The second-order valence-corrected chi connectivity index (χ2v) is 5.39. The van der Waals surface area contributed by atoms with Gasteiger partial charge in [0.05, 0.1) is 12.7 Å². The SMILES string of the molecule is COc1cc(O)c2c(c1)C1CCCCC1CC2=O. The van der Waals surface area contributed by atoms with Gasteiger partial charge in [0.25, 0.3) is 0 Å². The highest BCUT2D eigenvalue weighted by molar-refractivity contribution is 6.01. The summed E-state index contributed by atoms with van der Waals surface area (Å²) in [5, 5.41) is 10.0. The molecule has 0 aromatic heterocycles. The Hall–Kier alpha value is -1.51. The zero-order valence-corrected chi connectivity index (χ0v) is 10.6. The molecule has 3 nitrogen and oxygen atoms in total. The molecule has 2 aliphatic rings. The van der Waals surface area contributed by atoms with Crippen LogP contribution in [0.4, 0.5) is 0 Å². The van der Waals surface area contributed by atoms with E-state index in [2.05, 4.69) is 0 Å². The number of carbonyl (C=O) groups is 1. The van der Waals surface area contributed by atoms with Gasteiger partial charge < -0.3 is 9.84 Å². The summed E-state index contributed by atoms with van der Waals surface area (Å²) in [5.41, 5.74) is 1.55. The maximum Gasteiger partial charge on any atom is 0.167 e. The second-order valence-electron chi connectivity index (χ2n) is 5.39. The number of ether oxygens (including phenoxy) is 1. The Morgan fingerprint density at radius 2 is 2.06 bits per heavy atom. The lowest BCUT2D eigenvalue weighted by Gasteiger charge is -2.36. The number of fused-ring (bicyclic) bond motifs is 3. The van der Waals surface area contributed by atoms with Gasteiger partial charge in [-0.3, -0.25) is 4.79 Å². The fourth-order valence-corrected chi connectivity index (χ4v) is 3.54. The minimum atomic E-state index is 0.0818. The molecule has 1 saturated carbocycles. The molecule has 1 fully saturated rings. The van der Waals surface area contributed by atoms with Crippen molar-refractivity contribution in [2.75, 3.05) is 7.11 Å². The standard InChI is InChI=1S/C15H18O3/c1-18-10-7-12-11-5-3-2-4-9(11)6-13(16)15(12)14(17)8-10/h7-9,11,17H,2-6H2,1H3. The van der Waals surface area contributed by atoms with Gasteiger partial charge in [-0.25, -0.2) is 0 Å². The highest BCUT2D eigenvalue weighted by atomic mass is 16.5. The van der Waals surface area contributed by atoms with Crippen LogP contribution in [0.2, 0.25) is 0 Å². The second kappa shape index (κ2) is 4.30. The molecule has 2 aliphatic carbocycles. The van der Waals surface area contributed by atoms with Gasteiger partial charge >= 0.3 is 0 Å². The Balaban J connectivity index is 2.13. The molecule has 0 aliphatic heterocycles. The first kappa shape index (κ1) is 11.6. The number of benzene rings is 1. The predicted molar refractivity (Wildman–Crippen MR) is 68.3 cm³/mol. The Morgan fingerprint density at radius 3 is 2.83 bits per heavy atom. The lowest BCUT2D eigenvalue weighted by molar-refractivity contribution is 0.0915. The molecule has 18 heavy (non-hydrogen) atoms. The van der Waals surface area contributed by atoms with E-state index >= 15 is 0 Å². The molecule has 2 atom stereocenters. The largest absolute Gasteiger partial charge is 0.507 e. The van der Waals surface area contributed by atoms with Crippen LogP contribution in [0.5, 0.6) is 11.5 Å². The number of carbonyl (C=O) groups excluding carboxylic acids is 1. The quantitative estimate of drug-likeness (QED) is 0.827. The molecule has 3 heteroatoms. The van der Waals surface area contributed by atoms with Crippen LogP contribution >= 0.6 is 0 Å². The van der Waals surface area contributed by atoms with Gasteiger partial charge in [-0.2, -0.15) is 0 Å². The number of rotatable bonds is 1. The molecular weight excluding hydrogens is 228 g/mol. The summed E-state index contributed by atoms with van der Waals surface area (Å²) < 4.78 is 5.20. The van der Waals surface area contributed by atoms with E-state index in [1.54, 1.807) is 13.2 Å². The summed E-state index contributed by atoms with van der Waals surface area (Å²) in [6.07, 6.45) is 5.29. The number of aromatic hydroxyl groups is 1. The van der Waals surface area contributed by atoms with Crippen molar-refractivity contribution in [3.63, 3.8) is 0 Å². The van der Waals surface area contributed by atoms with Crippen molar-refractivity contribution < 1.29 is 14.6 Å². The van der Waals surface area contributed by atoms with Crippen LogP contribution in [0, 0.1) is 5.92 Å². The topological polar surface area (TPSA) is 46.5 Å². The highest BCUT2D eigenvalue weighted by Gasteiger charge is 2.37. The molecule has 96 valence electrons. The molecule has 1 aromatic carbocycles. The van der Waals surface area contributed by atoms with Crippen LogP contribution in [0.25, 0.3) is 0 Å². The molecular formula is C15H18O3. The van der Waals surface area contributed by atoms with Crippen molar-refractivity contribution in [2.24, 2.45) is 5.92 Å². The smallest absolute Gasteiger partial charge is 0.167 e. The Kier molecular flexibility index (Phi) is 2.77. The number of hydrogen-bond donors (Lipinski definition) is 1. The van der Waals surface area contributed by atoms with Gasteiger partial charge in [-0.1, -0.05) is 12.8 Å². The van der Waals surface area contributed by atoms with Crippen LogP contribution in [-0.4, -0.2) is 18.0 Å². The zero-order chi connectivity index (χ0) is 12.7. The fraction of sp³-hybridized carbons (Fsp3) is 0.533. The zero-order valence-electron chi connectivity index (χ0n) is 10.6.